The van der Waals surface area contributed by atoms with E-state index in [4.69, 9.17) is 9.47 Å². The molecular formula is C14H20N2O5. The molecule has 0 atom stereocenters. The van der Waals surface area contributed by atoms with Gasteiger partial charge in [0.05, 0.1) is 20.3 Å². The van der Waals surface area contributed by atoms with Crippen LogP contribution in [0, 0.1) is 0 Å². The first kappa shape index (κ1) is 16.9. The predicted molar refractivity (Wildman–Crippen MR) is 77.3 cm³/mol. The minimum Gasteiger partial charge on any atom is -0.482 e. The number of rotatable bonds is 9. The summed E-state index contributed by atoms with van der Waals surface area (Å²) in [6.07, 6.45) is 0. The standard InChI is InChI=1S/C14H20N2O5/c1-19-8-7-15-9-13(17)16-11-3-5-12(6-4-11)21-10-14(18)20-2/h3-6,15H,7-10H2,1-2H3,(H,16,17). The molecule has 0 saturated heterocycles. The summed E-state index contributed by atoms with van der Waals surface area (Å²) in [7, 11) is 2.90. The van der Waals surface area contributed by atoms with Gasteiger partial charge in [0.15, 0.2) is 6.61 Å². The summed E-state index contributed by atoms with van der Waals surface area (Å²) in [4.78, 5) is 22.5. The predicted octanol–water partition coefficient (Wildman–Crippen LogP) is 0.413. The molecule has 7 heteroatoms. The summed E-state index contributed by atoms with van der Waals surface area (Å²) < 4.78 is 14.5. The first-order valence-electron chi connectivity index (χ1n) is 6.45. The maximum absolute atomic E-state index is 11.6. The van der Waals surface area contributed by atoms with E-state index in [9.17, 15) is 9.59 Å². The lowest BCUT2D eigenvalue weighted by atomic mass is 10.3. The summed E-state index contributed by atoms with van der Waals surface area (Å²) in [6.45, 7) is 1.24. The van der Waals surface area contributed by atoms with Gasteiger partial charge in [0, 0.05) is 19.3 Å². The number of esters is 1. The summed E-state index contributed by atoms with van der Waals surface area (Å²) >= 11 is 0. The number of carbonyl (C=O) groups is 2. The third-order valence-corrected chi connectivity index (χ3v) is 2.49. The van der Waals surface area contributed by atoms with Gasteiger partial charge in [-0.25, -0.2) is 4.79 Å². The Kier molecular flexibility index (Phi) is 7.85. The van der Waals surface area contributed by atoms with Gasteiger partial charge in [0.1, 0.15) is 5.75 Å². The quantitative estimate of drug-likeness (QED) is 0.507. The lowest BCUT2D eigenvalue weighted by molar-refractivity contribution is -0.142. The number of ether oxygens (including phenoxy) is 3. The van der Waals surface area contributed by atoms with E-state index in [1.165, 1.54) is 7.11 Å². The van der Waals surface area contributed by atoms with Crippen molar-refractivity contribution in [3.63, 3.8) is 0 Å². The van der Waals surface area contributed by atoms with Gasteiger partial charge in [-0.15, -0.1) is 0 Å². The van der Waals surface area contributed by atoms with Crippen molar-refractivity contribution < 1.29 is 23.8 Å². The van der Waals surface area contributed by atoms with Crippen molar-refractivity contribution in [1.82, 2.24) is 5.32 Å². The Labute approximate surface area is 123 Å². The number of nitrogens with one attached hydrogen (secondary N) is 2. The average Bonchev–Trinajstić information content (AvgIpc) is 2.50. The Bertz CT molecular complexity index is 447. The number of carbonyl (C=O) groups excluding carboxylic acids is 2. The summed E-state index contributed by atoms with van der Waals surface area (Å²) in [5.41, 5.74) is 0.652. The Morgan fingerprint density at radius 3 is 2.48 bits per heavy atom. The number of benzene rings is 1. The molecular weight excluding hydrogens is 276 g/mol. The minimum absolute atomic E-state index is 0.144. The molecule has 0 aliphatic rings. The van der Waals surface area contributed by atoms with Crippen LogP contribution in [0.25, 0.3) is 0 Å². The average molecular weight is 296 g/mol. The van der Waals surface area contributed by atoms with E-state index in [2.05, 4.69) is 15.4 Å². The van der Waals surface area contributed by atoms with Gasteiger partial charge in [-0.2, -0.15) is 0 Å². The molecule has 0 aliphatic heterocycles. The maximum atomic E-state index is 11.6. The molecule has 0 spiro atoms. The zero-order valence-corrected chi connectivity index (χ0v) is 12.2. The SMILES string of the molecule is COCCNCC(=O)Nc1ccc(OCC(=O)OC)cc1. The molecule has 0 unspecified atom stereocenters. The van der Waals surface area contributed by atoms with Crippen molar-refractivity contribution in [2.75, 3.05) is 45.8 Å². The van der Waals surface area contributed by atoms with Crippen molar-refractivity contribution in [2.45, 2.75) is 0 Å². The van der Waals surface area contributed by atoms with Crippen molar-refractivity contribution in [1.29, 1.82) is 0 Å². The van der Waals surface area contributed by atoms with Gasteiger partial charge in [0.25, 0.3) is 0 Å². The minimum atomic E-state index is -0.450. The van der Waals surface area contributed by atoms with Gasteiger partial charge in [-0.05, 0) is 24.3 Å². The molecule has 0 radical (unpaired) electrons. The van der Waals surface area contributed by atoms with E-state index in [1.54, 1.807) is 31.4 Å². The highest BCUT2D eigenvalue weighted by Gasteiger charge is 2.04. The highest BCUT2D eigenvalue weighted by Crippen LogP contribution is 2.15. The zero-order chi connectivity index (χ0) is 15.5. The lowest BCUT2D eigenvalue weighted by Crippen LogP contribution is -2.30. The van der Waals surface area contributed by atoms with Gasteiger partial charge in [-0.3, -0.25) is 4.79 Å². The second-order valence-corrected chi connectivity index (χ2v) is 4.11. The van der Waals surface area contributed by atoms with Crippen molar-refractivity contribution in [3.8, 4) is 5.75 Å². The van der Waals surface area contributed by atoms with Crippen molar-refractivity contribution in [3.05, 3.63) is 24.3 Å². The fourth-order valence-electron chi connectivity index (χ4n) is 1.42. The van der Waals surface area contributed by atoms with E-state index in [0.29, 0.717) is 24.6 Å². The molecule has 7 nitrogen and oxygen atoms in total. The fraction of sp³-hybridized carbons (Fsp3) is 0.429. The number of amides is 1. The van der Waals surface area contributed by atoms with Crippen LogP contribution in [0.4, 0.5) is 5.69 Å². The molecule has 1 aromatic carbocycles. The van der Waals surface area contributed by atoms with Crippen LogP contribution in [0.15, 0.2) is 24.3 Å². The maximum Gasteiger partial charge on any atom is 0.343 e. The Balaban J connectivity index is 2.33. The van der Waals surface area contributed by atoms with E-state index >= 15 is 0 Å². The van der Waals surface area contributed by atoms with E-state index in [-0.39, 0.29) is 19.1 Å². The molecule has 2 N–H and O–H groups in total. The molecule has 0 saturated carbocycles. The number of methoxy groups -OCH3 is 2. The van der Waals surface area contributed by atoms with E-state index in [1.807, 2.05) is 0 Å². The van der Waals surface area contributed by atoms with Gasteiger partial charge >= 0.3 is 5.97 Å². The van der Waals surface area contributed by atoms with Gasteiger partial charge < -0.3 is 24.8 Å². The fourth-order valence-corrected chi connectivity index (χ4v) is 1.42. The molecule has 1 amide bonds. The molecule has 1 aromatic rings. The number of anilines is 1. The normalized spacial score (nSPS) is 10.0. The second-order valence-electron chi connectivity index (χ2n) is 4.11. The molecule has 0 fully saturated rings. The van der Waals surface area contributed by atoms with Crippen LogP contribution in [-0.2, 0) is 19.1 Å². The van der Waals surface area contributed by atoms with Crippen LogP contribution in [-0.4, -0.2) is 52.4 Å². The largest absolute Gasteiger partial charge is 0.482 e. The van der Waals surface area contributed by atoms with Crippen LogP contribution in [0.2, 0.25) is 0 Å². The molecule has 0 heterocycles. The third kappa shape index (κ3) is 7.28. The molecule has 116 valence electrons. The molecule has 1 rings (SSSR count). The van der Waals surface area contributed by atoms with E-state index < -0.39 is 5.97 Å². The summed E-state index contributed by atoms with van der Waals surface area (Å²) in [5, 5.41) is 5.68. The van der Waals surface area contributed by atoms with Crippen LogP contribution < -0.4 is 15.4 Å². The van der Waals surface area contributed by atoms with Crippen LogP contribution in [0.5, 0.6) is 5.75 Å². The second kappa shape index (κ2) is 9.73. The molecule has 0 aliphatic carbocycles. The lowest BCUT2D eigenvalue weighted by Gasteiger charge is -2.08. The Morgan fingerprint density at radius 2 is 1.86 bits per heavy atom. The van der Waals surface area contributed by atoms with Crippen molar-refractivity contribution >= 4 is 17.6 Å². The molecule has 0 aromatic heterocycles. The zero-order valence-electron chi connectivity index (χ0n) is 12.2. The highest BCUT2D eigenvalue weighted by molar-refractivity contribution is 5.92. The molecule has 21 heavy (non-hydrogen) atoms. The summed E-state index contributed by atoms with van der Waals surface area (Å²) in [5.74, 6) is -0.0690. The Morgan fingerprint density at radius 1 is 1.14 bits per heavy atom. The van der Waals surface area contributed by atoms with E-state index in [0.717, 1.165) is 0 Å². The van der Waals surface area contributed by atoms with Gasteiger partial charge in [-0.1, -0.05) is 0 Å². The highest BCUT2D eigenvalue weighted by atomic mass is 16.6. The van der Waals surface area contributed by atoms with Crippen LogP contribution >= 0.6 is 0 Å². The third-order valence-electron chi connectivity index (χ3n) is 2.49. The monoisotopic (exact) mass is 296 g/mol. The first-order valence-corrected chi connectivity index (χ1v) is 6.45. The first-order chi connectivity index (χ1) is 10.2. The topological polar surface area (TPSA) is 85.9 Å². The van der Waals surface area contributed by atoms with Crippen LogP contribution in [0.1, 0.15) is 0 Å². The molecule has 0 bridgehead atoms. The smallest absolute Gasteiger partial charge is 0.343 e. The summed E-state index contributed by atoms with van der Waals surface area (Å²) in [6, 6.07) is 6.72. The number of hydrogen-bond acceptors (Lipinski definition) is 6. The van der Waals surface area contributed by atoms with Crippen LogP contribution in [0.3, 0.4) is 0 Å². The number of hydrogen-bond donors (Lipinski definition) is 2. The Hall–Kier alpha value is -2.12. The van der Waals surface area contributed by atoms with Crippen molar-refractivity contribution in [2.24, 2.45) is 0 Å². The van der Waals surface area contributed by atoms with Gasteiger partial charge in [0.2, 0.25) is 5.91 Å².